The third-order valence-corrected chi connectivity index (χ3v) is 3.52. The number of nitrogens with one attached hydrogen (secondary N) is 1. The largest absolute Gasteiger partial charge is 0.497 e. The predicted octanol–water partition coefficient (Wildman–Crippen LogP) is 2.62. The third-order valence-electron chi connectivity index (χ3n) is 3.52. The van der Waals surface area contributed by atoms with Gasteiger partial charge in [0.25, 0.3) is 0 Å². The molecule has 2 aromatic rings. The molecule has 0 saturated carbocycles. The second-order valence-corrected chi connectivity index (χ2v) is 5.22. The summed E-state index contributed by atoms with van der Waals surface area (Å²) in [5.74, 6) is 0.222. The highest BCUT2D eigenvalue weighted by Crippen LogP contribution is 2.17. The number of aliphatic hydroxyl groups is 1. The molecule has 23 heavy (non-hydrogen) atoms. The lowest BCUT2D eigenvalue weighted by atomic mass is 10.1. The van der Waals surface area contributed by atoms with Crippen LogP contribution in [-0.2, 0) is 11.2 Å². The Balaban J connectivity index is 1.76. The van der Waals surface area contributed by atoms with Gasteiger partial charge in [0, 0.05) is 13.0 Å². The van der Waals surface area contributed by atoms with Crippen LogP contribution in [0.4, 0.5) is 4.39 Å². The Kier molecular flexibility index (Phi) is 6.11. The summed E-state index contributed by atoms with van der Waals surface area (Å²) in [5, 5.41) is 12.7. The van der Waals surface area contributed by atoms with Crippen LogP contribution in [0.5, 0.6) is 5.75 Å². The monoisotopic (exact) mass is 317 g/mol. The highest BCUT2D eigenvalue weighted by Gasteiger charge is 2.10. The molecule has 0 aromatic heterocycles. The van der Waals surface area contributed by atoms with E-state index in [-0.39, 0.29) is 24.7 Å². The summed E-state index contributed by atoms with van der Waals surface area (Å²) in [6.07, 6.45) is -0.0693. The molecule has 1 atom stereocenters. The first-order chi connectivity index (χ1) is 11.1. The van der Waals surface area contributed by atoms with E-state index in [1.807, 2.05) is 0 Å². The highest BCUT2D eigenvalue weighted by molar-refractivity contribution is 5.76. The minimum atomic E-state index is -0.779. The summed E-state index contributed by atoms with van der Waals surface area (Å²) in [6.45, 7) is 0.133. The summed E-state index contributed by atoms with van der Waals surface area (Å²) in [5.41, 5.74) is 1.48. The summed E-state index contributed by atoms with van der Waals surface area (Å²) < 4.78 is 18.1. The Morgan fingerprint density at radius 2 is 2.00 bits per heavy atom. The molecule has 0 heterocycles. The molecule has 1 amide bonds. The smallest absolute Gasteiger partial charge is 0.220 e. The number of carbonyl (C=O) groups is 1. The highest BCUT2D eigenvalue weighted by atomic mass is 19.1. The van der Waals surface area contributed by atoms with Crippen molar-refractivity contribution in [3.8, 4) is 5.75 Å². The number of rotatable bonds is 7. The normalized spacial score (nSPS) is 11.8. The number of aryl methyl sites for hydroxylation is 1. The van der Waals surface area contributed by atoms with E-state index in [1.54, 1.807) is 43.5 Å². The molecule has 0 saturated heterocycles. The molecule has 2 aromatic carbocycles. The third kappa shape index (κ3) is 5.38. The van der Waals surface area contributed by atoms with Crippen LogP contribution < -0.4 is 10.1 Å². The zero-order chi connectivity index (χ0) is 16.7. The average Bonchev–Trinajstić information content (AvgIpc) is 2.58. The number of hydrogen-bond donors (Lipinski definition) is 2. The fourth-order valence-electron chi connectivity index (χ4n) is 2.19. The molecular formula is C18H20FNO3. The molecule has 0 aliphatic rings. The second-order valence-electron chi connectivity index (χ2n) is 5.22. The lowest BCUT2D eigenvalue weighted by molar-refractivity contribution is -0.121. The van der Waals surface area contributed by atoms with Crippen LogP contribution in [0.2, 0.25) is 0 Å². The van der Waals surface area contributed by atoms with Crippen LogP contribution in [0.15, 0.2) is 48.5 Å². The van der Waals surface area contributed by atoms with Crippen molar-refractivity contribution < 1.29 is 19.0 Å². The maximum absolute atomic E-state index is 13.0. The van der Waals surface area contributed by atoms with Gasteiger partial charge < -0.3 is 15.2 Å². The maximum atomic E-state index is 13.0. The van der Waals surface area contributed by atoms with Crippen molar-refractivity contribution in [2.75, 3.05) is 13.7 Å². The number of hydrogen-bond acceptors (Lipinski definition) is 3. The number of benzene rings is 2. The molecular weight excluding hydrogens is 297 g/mol. The number of ether oxygens (including phenoxy) is 1. The van der Waals surface area contributed by atoms with E-state index in [1.165, 1.54) is 12.1 Å². The number of carbonyl (C=O) groups excluding carboxylic acids is 1. The molecule has 0 bridgehead atoms. The number of methoxy groups -OCH3 is 1. The Hall–Kier alpha value is -2.40. The van der Waals surface area contributed by atoms with Gasteiger partial charge in [-0.25, -0.2) is 4.39 Å². The van der Waals surface area contributed by atoms with Crippen molar-refractivity contribution in [3.05, 3.63) is 65.5 Å². The van der Waals surface area contributed by atoms with Crippen molar-refractivity contribution in [1.29, 1.82) is 0 Å². The molecule has 5 heteroatoms. The molecule has 0 aliphatic carbocycles. The summed E-state index contributed by atoms with van der Waals surface area (Å²) in [7, 11) is 1.57. The van der Waals surface area contributed by atoms with E-state index in [0.717, 1.165) is 5.56 Å². The molecule has 4 nitrogen and oxygen atoms in total. The Bertz CT molecular complexity index is 643. The van der Waals surface area contributed by atoms with Gasteiger partial charge in [-0.15, -0.1) is 0 Å². The van der Waals surface area contributed by atoms with Gasteiger partial charge in [0.05, 0.1) is 13.2 Å². The van der Waals surface area contributed by atoms with E-state index in [2.05, 4.69) is 5.32 Å². The van der Waals surface area contributed by atoms with Gasteiger partial charge >= 0.3 is 0 Å². The van der Waals surface area contributed by atoms with Crippen molar-refractivity contribution in [3.63, 3.8) is 0 Å². The first-order valence-corrected chi connectivity index (χ1v) is 7.41. The minimum Gasteiger partial charge on any atom is -0.497 e. The predicted molar refractivity (Wildman–Crippen MR) is 85.7 cm³/mol. The van der Waals surface area contributed by atoms with E-state index in [4.69, 9.17) is 4.74 Å². The van der Waals surface area contributed by atoms with Gasteiger partial charge in [0.15, 0.2) is 0 Å². The van der Waals surface area contributed by atoms with Gasteiger partial charge in [0.2, 0.25) is 5.91 Å². The van der Waals surface area contributed by atoms with Crippen LogP contribution >= 0.6 is 0 Å². The van der Waals surface area contributed by atoms with Crippen LogP contribution in [0, 0.1) is 5.82 Å². The van der Waals surface area contributed by atoms with Crippen molar-refractivity contribution in [1.82, 2.24) is 5.32 Å². The van der Waals surface area contributed by atoms with E-state index >= 15 is 0 Å². The fraction of sp³-hybridized carbons (Fsp3) is 0.278. The molecule has 0 spiro atoms. The Labute approximate surface area is 134 Å². The van der Waals surface area contributed by atoms with Gasteiger partial charge in [-0.2, -0.15) is 0 Å². The van der Waals surface area contributed by atoms with Crippen LogP contribution in [0.1, 0.15) is 23.7 Å². The van der Waals surface area contributed by atoms with Crippen molar-refractivity contribution >= 4 is 5.91 Å². The standard InChI is InChI=1S/C18H20FNO3/c1-23-16-8-6-14(7-9-16)17(21)12-20-18(22)10-5-13-3-2-4-15(19)11-13/h2-4,6-9,11,17,21H,5,10,12H2,1H3,(H,20,22). The average molecular weight is 317 g/mol. The Morgan fingerprint density at radius 1 is 1.26 bits per heavy atom. The van der Waals surface area contributed by atoms with E-state index < -0.39 is 6.10 Å². The van der Waals surface area contributed by atoms with Crippen LogP contribution in [0.3, 0.4) is 0 Å². The molecule has 122 valence electrons. The zero-order valence-electron chi connectivity index (χ0n) is 13.0. The molecule has 1 unspecified atom stereocenters. The summed E-state index contributed by atoms with van der Waals surface area (Å²) in [6, 6.07) is 13.2. The topological polar surface area (TPSA) is 58.6 Å². The summed E-state index contributed by atoms with van der Waals surface area (Å²) >= 11 is 0. The number of aliphatic hydroxyl groups excluding tert-OH is 1. The second kappa shape index (κ2) is 8.29. The SMILES string of the molecule is COc1ccc(C(O)CNC(=O)CCc2cccc(F)c2)cc1. The first kappa shape index (κ1) is 17.0. The molecule has 2 rings (SSSR count). The first-order valence-electron chi connectivity index (χ1n) is 7.41. The maximum Gasteiger partial charge on any atom is 0.220 e. The summed E-state index contributed by atoms with van der Waals surface area (Å²) in [4.78, 5) is 11.8. The molecule has 0 radical (unpaired) electrons. The fourth-order valence-corrected chi connectivity index (χ4v) is 2.19. The molecule has 0 fully saturated rings. The van der Waals surface area contributed by atoms with E-state index in [9.17, 15) is 14.3 Å². The van der Waals surface area contributed by atoms with Gasteiger partial charge in [0.1, 0.15) is 11.6 Å². The van der Waals surface area contributed by atoms with Crippen molar-refractivity contribution in [2.45, 2.75) is 18.9 Å². The molecule has 2 N–H and O–H groups in total. The van der Waals surface area contributed by atoms with Crippen LogP contribution in [-0.4, -0.2) is 24.7 Å². The lowest BCUT2D eigenvalue weighted by Gasteiger charge is -2.13. The lowest BCUT2D eigenvalue weighted by Crippen LogP contribution is -2.28. The van der Waals surface area contributed by atoms with Gasteiger partial charge in [-0.05, 0) is 41.8 Å². The van der Waals surface area contributed by atoms with E-state index in [0.29, 0.717) is 17.7 Å². The number of amides is 1. The Morgan fingerprint density at radius 3 is 2.65 bits per heavy atom. The van der Waals surface area contributed by atoms with Gasteiger partial charge in [-0.1, -0.05) is 24.3 Å². The van der Waals surface area contributed by atoms with Crippen molar-refractivity contribution in [2.24, 2.45) is 0 Å². The molecule has 0 aliphatic heterocycles. The zero-order valence-corrected chi connectivity index (χ0v) is 13.0. The number of halogens is 1. The van der Waals surface area contributed by atoms with Crippen LogP contribution in [0.25, 0.3) is 0 Å². The quantitative estimate of drug-likeness (QED) is 0.825. The minimum absolute atomic E-state index is 0.133. The van der Waals surface area contributed by atoms with Gasteiger partial charge in [-0.3, -0.25) is 4.79 Å².